The summed E-state index contributed by atoms with van der Waals surface area (Å²) >= 11 is 7.56. The molecule has 0 fully saturated rings. The van der Waals surface area contributed by atoms with E-state index in [1.165, 1.54) is 0 Å². The van der Waals surface area contributed by atoms with Crippen LogP contribution in [0.2, 0.25) is 0 Å². The van der Waals surface area contributed by atoms with Crippen LogP contribution in [0.1, 0.15) is 12.5 Å². The predicted octanol–water partition coefficient (Wildman–Crippen LogP) is 5.61. The molecule has 3 aromatic rings. The Morgan fingerprint density at radius 3 is 2.26 bits per heavy atom. The van der Waals surface area contributed by atoms with E-state index in [1.54, 1.807) is 24.3 Å². The first kappa shape index (κ1) is 23.3. The van der Waals surface area contributed by atoms with Crippen LogP contribution >= 0.6 is 34.8 Å². The minimum absolute atomic E-state index is 0.113. The topological polar surface area (TPSA) is 79.5 Å². The lowest BCUT2D eigenvalue weighted by Crippen LogP contribution is -2.22. The third kappa shape index (κ3) is 6.55. The van der Waals surface area contributed by atoms with Crippen molar-refractivity contribution in [3.63, 3.8) is 0 Å². The van der Waals surface area contributed by atoms with Gasteiger partial charge >= 0.3 is 0 Å². The third-order valence-corrected chi connectivity index (χ3v) is 6.54. The lowest BCUT2D eigenvalue weighted by molar-refractivity contribution is 0.340. The maximum absolute atomic E-state index is 13.1. The Morgan fingerprint density at radius 2 is 1.61 bits per heavy atom. The summed E-state index contributed by atoms with van der Waals surface area (Å²) in [6, 6.07) is 19.6. The Balaban J connectivity index is 1.78. The number of hydrogen-bond acceptors (Lipinski definition) is 4. The van der Waals surface area contributed by atoms with E-state index in [0.29, 0.717) is 18.0 Å². The van der Waals surface area contributed by atoms with Gasteiger partial charge in [0.2, 0.25) is 0 Å². The second kappa shape index (κ2) is 10.3. The second-order valence-corrected chi connectivity index (χ2v) is 9.95. The fourth-order valence-electron chi connectivity index (χ4n) is 2.77. The molecule has 3 aromatic carbocycles. The highest BCUT2D eigenvalue weighted by molar-refractivity contribution is 14.1. The number of nitrogens with one attached hydrogen (secondary N) is 3. The molecule has 0 saturated heterocycles. The van der Waals surface area contributed by atoms with E-state index in [4.69, 9.17) is 17.0 Å². The van der Waals surface area contributed by atoms with Crippen molar-refractivity contribution in [2.24, 2.45) is 0 Å². The maximum Gasteiger partial charge on any atom is 0.263 e. The van der Waals surface area contributed by atoms with Gasteiger partial charge in [0.15, 0.2) is 5.11 Å². The van der Waals surface area contributed by atoms with Gasteiger partial charge in [0, 0.05) is 14.9 Å². The Morgan fingerprint density at radius 1 is 0.968 bits per heavy atom. The van der Waals surface area contributed by atoms with E-state index >= 15 is 0 Å². The number of sulfonamides is 1. The van der Waals surface area contributed by atoms with Crippen molar-refractivity contribution in [3.05, 3.63) is 75.9 Å². The number of hydrogen-bond donors (Lipinski definition) is 3. The normalized spacial score (nSPS) is 10.9. The van der Waals surface area contributed by atoms with Gasteiger partial charge in [-0.05, 0) is 115 Å². The van der Waals surface area contributed by atoms with Gasteiger partial charge in [-0.3, -0.25) is 4.72 Å². The minimum Gasteiger partial charge on any atom is -0.494 e. The van der Waals surface area contributed by atoms with E-state index in [-0.39, 0.29) is 10.0 Å². The molecule has 0 saturated carbocycles. The Bertz CT molecular complexity index is 1170. The van der Waals surface area contributed by atoms with Crippen molar-refractivity contribution >= 4 is 67.0 Å². The van der Waals surface area contributed by atoms with Crippen LogP contribution in [0, 0.1) is 10.5 Å². The summed E-state index contributed by atoms with van der Waals surface area (Å²) in [6.07, 6.45) is 0. The number of aryl methyl sites for hydroxylation is 1. The molecule has 162 valence electrons. The van der Waals surface area contributed by atoms with Crippen molar-refractivity contribution < 1.29 is 13.2 Å². The van der Waals surface area contributed by atoms with Crippen molar-refractivity contribution in [2.75, 3.05) is 22.0 Å². The average Bonchev–Trinajstić information content (AvgIpc) is 2.72. The van der Waals surface area contributed by atoms with E-state index in [1.807, 2.05) is 56.3 Å². The number of thiocarbonyl (C=S) groups is 1. The van der Waals surface area contributed by atoms with Gasteiger partial charge in [-0.25, -0.2) is 8.42 Å². The molecule has 0 aliphatic carbocycles. The van der Waals surface area contributed by atoms with Crippen LogP contribution in [0.5, 0.6) is 5.75 Å². The molecule has 0 amide bonds. The first-order valence-electron chi connectivity index (χ1n) is 9.47. The molecule has 6 nitrogen and oxygen atoms in total. The molecule has 0 heterocycles. The number of ether oxygens (including phenoxy) is 1. The highest BCUT2D eigenvalue weighted by Crippen LogP contribution is 2.26. The van der Waals surface area contributed by atoms with E-state index in [9.17, 15) is 8.42 Å². The minimum atomic E-state index is -3.83. The summed E-state index contributed by atoms with van der Waals surface area (Å²) in [4.78, 5) is 0.113. The molecule has 0 spiro atoms. The van der Waals surface area contributed by atoms with Gasteiger partial charge in [0.1, 0.15) is 10.6 Å². The van der Waals surface area contributed by atoms with Gasteiger partial charge in [-0.1, -0.05) is 6.07 Å². The lowest BCUT2D eigenvalue weighted by Gasteiger charge is -2.16. The molecular weight excluding hydrogens is 545 g/mol. The predicted molar refractivity (Wildman–Crippen MR) is 139 cm³/mol. The van der Waals surface area contributed by atoms with Crippen LogP contribution in [0.25, 0.3) is 0 Å². The highest BCUT2D eigenvalue weighted by Gasteiger charge is 2.20. The van der Waals surface area contributed by atoms with Crippen LogP contribution in [-0.4, -0.2) is 20.1 Å². The first-order valence-corrected chi connectivity index (χ1v) is 12.4. The maximum atomic E-state index is 13.1. The molecule has 0 aliphatic rings. The average molecular weight is 567 g/mol. The standard InChI is InChI=1S/C22H22IN3O3S2/c1-3-29-19-11-9-17(10-12-19)24-22(30)25-20-13-4-15(2)14-21(20)31(27,28)26-18-7-5-16(23)6-8-18/h4-14,26H,3H2,1-2H3,(H2,24,25,30). The van der Waals surface area contributed by atoms with Gasteiger partial charge in [-0.15, -0.1) is 0 Å². The van der Waals surface area contributed by atoms with Crippen LogP contribution in [0.3, 0.4) is 0 Å². The largest absolute Gasteiger partial charge is 0.494 e. The van der Waals surface area contributed by atoms with Gasteiger partial charge in [0.05, 0.1) is 12.3 Å². The van der Waals surface area contributed by atoms with Crippen LogP contribution in [-0.2, 0) is 10.0 Å². The number of halogens is 1. The highest BCUT2D eigenvalue weighted by atomic mass is 127. The molecule has 0 aliphatic heterocycles. The molecule has 0 aromatic heterocycles. The zero-order chi connectivity index (χ0) is 22.4. The fraction of sp³-hybridized carbons (Fsp3) is 0.136. The van der Waals surface area contributed by atoms with Crippen LogP contribution in [0.15, 0.2) is 71.6 Å². The van der Waals surface area contributed by atoms with Crippen LogP contribution in [0.4, 0.5) is 17.1 Å². The van der Waals surface area contributed by atoms with E-state index < -0.39 is 10.0 Å². The molecule has 0 unspecified atom stereocenters. The van der Waals surface area contributed by atoms with E-state index in [0.717, 1.165) is 20.6 Å². The molecule has 0 bridgehead atoms. The van der Waals surface area contributed by atoms with Crippen LogP contribution < -0.4 is 20.1 Å². The Hall–Kier alpha value is -2.37. The van der Waals surface area contributed by atoms with Crippen molar-refractivity contribution in [2.45, 2.75) is 18.7 Å². The van der Waals surface area contributed by atoms with Crippen molar-refractivity contribution in [1.82, 2.24) is 0 Å². The molecule has 3 N–H and O–H groups in total. The summed E-state index contributed by atoms with van der Waals surface area (Å²) in [7, 11) is -3.83. The Kier molecular flexibility index (Phi) is 7.74. The third-order valence-electron chi connectivity index (χ3n) is 4.19. The molecule has 31 heavy (non-hydrogen) atoms. The Labute approximate surface area is 201 Å². The number of anilines is 3. The molecule has 0 atom stereocenters. The second-order valence-electron chi connectivity index (χ2n) is 6.65. The van der Waals surface area contributed by atoms with Gasteiger partial charge in [-0.2, -0.15) is 0 Å². The SMILES string of the molecule is CCOc1ccc(NC(=S)Nc2ccc(C)cc2S(=O)(=O)Nc2ccc(I)cc2)cc1. The number of rotatable bonds is 7. The number of benzene rings is 3. The van der Waals surface area contributed by atoms with Gasteiger partial charge < -0.3 is 15.4 Å². The zero-order valence-electron chi connectivity index (χ0n) is 17.0. The summed E-state index contributed by atoms with van der Waals surface area (Å²) in [6.45, 7) is 4.35. The molecule has 3 rings (SSSR count). The summed E-state index contributed by atoms with van der Waals surface area (Å²) < 4.78 is 35.2. The summed E-state index contributed by atoms with van der Waals surface area (Å²) in [5.41, 5.74) is 2.45. The van der Waals surface area contributed by atoms with E-state index in [2.05, 4.69) is 37.9 Å². The smallest absolute Gasteiger partial charge is 0.263 e. The fourth-order valence-corrected chi connectivity index (χ4v) is 4.66. The first-order chi connectivity index (χ1) is 14.8. The quantitative estimate of drug-likeness (QED) is 0.255. The molecule has 0 radical (unpaired) electrons. The van der Waals surface area contributed by atoms with Crippen molar-refractivity contribution in [1.29, 1.82) is 0 Å². The monoisotopic (exact) mass is 567 g/mol. The lowest BCUT2D eigenvalue weighted by atomic mass is 10.2. The molecular formula is C22H22IN3O3S2. The molecule has 9 heteroatoms. The van der Waals surface area contributed by atoms with Gasteiger partial charge in [0.25, 0.3) is 10.0 Å². The summed E-state index contributed by atoms with van der Waals surface area (Å²) in [5.74, 6) is 0.764. The van der Waals surface area contributed by atoms with Crippen molar-refractivity contribution in [3.8, 4) is 5.75 Å². The summed E-state index contributed by atoms with van der Waals surface area (Å²) in [5, 5.41) is 6.33. The zero-order valence-corrected chi connectivity index (χ0v) is 20.8.